The van der Waals surface area contributed by atoms with E-state index in [1.165, 1.54) is 0 Å². The van der Waals surface area contributed by atoms with Gasteiger partial charge in [-0.1, -0.05) is 0 Å². The Labute approximate surface area is 229 Å². The van der Waals surface area contributed by atoms with Crippen LogP contribution in [0.25, 0.3) is 27.9 Å². The van der Waals surface area contributed by atoms with Crippen molar-refractivity contribution in [3.05, 3.63) is 30.1 Å². The summed E-state index contributed by atoms with van der Waals surface area (Å²) in [5.74, 6) is 0.727. The van der Waals surface area contributed by atoms with Crippen LogP contribution < -0.4 is 15.4 Å². The summed E-state index contributed by atoms with van der Waals surface area (Å²) in [6, 6.07) is 3.54. The number of hydrogen-bond donors (Lipinski definition) is 2. The van der Waals surface area contributed by atoms with Crippen molar-refractivity contribution in [2.24, 2.45) is 0 Å². The maximum absolute atomic E-state index is 14.3. The Morgan fingerprint density at radius 2 is 2.02 bits per heavy atom. The average molecular weight is 559 g/mol. The molecule has 0 bridgehead atoms. The average Bonchev–Trinajstić information content (AvgIpc) is 3.47. The van der Waals surface area contributed by atoms with Gasteiger partial charge in [-0.2, -0.15) is 18.3 Å². The highest BCUT2D eigenvalue weighted by Crippen LogP contribution is 2.41. The Bertz CT molecular complexity index is 1510. The molecular weight excluding hydrogens is 525 g/mol. The van der Waals surface area contributed by atoms with Gasteiger partial charge in [0.25, 0.3) is 0 Å². The number of halogens is 3. The Kier molecular flexibility index (Phi) is 6.81. The zero-order valence-corrected chi connectivity index (χ0v) is 22.8. The SMILES string of the molecule is CCOc1ccc2c3c(-c4nc(N[C@H]5CCC(C)(C)NC5)ncc4C(F)(F)F)nn(C4CCCCO4)c3nn2c1. The van der Waals surface area contributed by atoms with E-state index in [9.17, 15) is 13.2 Å². The quantitative estimate of drug-likeness (QED) is 0.333. The van der Waals surface area contributed by atoms with Crippen LogP contribution in [0, 0.1) is 0 Å². The summed E-state index contributed by atoms with van der Waals surface area (Å²) < 4.78 is 57.8. The van der Waals surface area contributed by atoms with Gasteiger partial charge in [-0.25, -0.2) is 19.2 Å². The summed E-state index contributed by atoms with van der Waals surface area (Å²) in [5.41, 5.74) is -0.134. The number of rotatable bonds is 6. The van der Waals surface area contributed by atoms with Crippen molar-refractivity contribution in [1.82, 2.24) is 34.7 Å². The number of fused-ring (bicyclic) bond motifs is 3. The zero-order valence-electron chi connectivity index (χ0n) is 22.8. The molecule has 2 atom stereocenters. The summed E-state index contributed by atoms with van der Waals surface area (Å²) in [7, 11) is 0. The minimum absolute atomic E-state index is 0.00943. The summed E-state index contributed by atoms with van der Waals surface area (Å²) in [4.78, 5) is 8.49. The zero-order chi connectivity index (χ0) is 28.1. The molecule has 0 aromatic carbocycles. The molecule has 2 fully saturated rings. The lowest BCUT2D eigenvalue weighted by atomic mass is 9.91. The minimum Gasteiger partial charge on any atom is -0.492 e. The summed E-state index contributed by atoms with van der Waals surface area (Å²) in [5, 5.41) is 16.5. The van der Waals surface area contributed by atoms with E-state index in [4.69, 9.17) is 14.6 Å². The molecule has 2 saturated heterocycles. The predicted octanol–water partition coefficient (Wildman–Crippen LogP) is 5.20. The fourth-order valence-corrected chi connectivity index (χ4v) is 5.42. The van der Waals surface area contributed by atoms with E-state index in [0.29, 0.717) is 48.5 Å². The van der Waals surface area contributed by atoms with Gasteiger partial charge in [0.2, 0.25) is 5.95 Å². The van der Waals surface area contributed by atoms with Crippen LogP contribution in [0.2, 0.25) is 0 Å². The molecule has 40 heavy (non-hydrogen) atoms. The van der Waals surface area contributed by atoms with Gasteiger partial charge in [-0.05, 0) is 65.0 Å². The lowest BCUT2D eigenvalue weighted by Gasteiger charge is -2.36. The molecule has 2 aliphatic heterocycles. The Morgan fingerprint density at radius 3 is 2.73 bits per heavy atom. The van der Waals surface area contributed by atoms with Crippen LogP contribution in [0.4, 0.5) is 19.1 Å². The van der Waals surface area contributed by atoms with Gasteiger partial charge < -0.3 is 20.1 Å². The number of nitrogens with zero attached hydrogens (tertiary/aromatic N) is 6. The molecule has 214 valence electrons. The van der Waals surface area contributed by atoms with Crippen LogP contribution in [-0.2, 0) is 10.9 Å². The number of anilines is 1. The minimum atomic E-state index is -4.69. The third-order valence-electron chi connectivity index (χ3n) is 7.58. The second-order valence-corrected chi connectivity index (χ2v) is 11.0. The molecule has 13 heteroatoms. The highest BCUT2D eigenvalue weighted by Gasteiger charge is 2.38. The van der Waals surface area contributed by atoms with E-state index in [1.54, 1.807) is 27.5 Å². The molecule has 4 aromatic rings. The molecule has 2 aliphatic rings. The van der Waals surface area contributed by atoms with Crippen molar-refractivity contribution in [1.29, 1.82) is 0 Å². The number of nitrogens with one attached hydrogen (secondary N) is 2. The topological polar surface area (TPSA) is 103 Å². The molecular formula is C27H33F3N8O2. The lowest BCUT2D eigenvalue weighted by molar-refractivity contribution is -0.137. The molecule has 6 rings (SSSR count). The van der Waals surface area contributed by atoms with E-state index in [2.05, 4.69) is 39.5 Å². The third kappa shape index (κ3) is 5.07. The van der Waals surface area contributed by atoms with Crippen molar-refractivity contribution in [3.8, 4) is 17.1 Å². The smallest absolute Gasteiger partial charge is 0.420 e. The monoisotopic (exact) mass is 558 g/mol. The number of hydrogen-bond acceptors (Lipinski definition) is 8. The fourth-order valence-electron chi connectivity index (χ4n) is 5.42. The standard InChI is InChI=1S/C27H33F3N8O2/c1-4-39-17-8-9-19-21-23(35-38(20-7-5-6-12-40-20)24(21)36-37(19)15-17)22-18(27(28,29)30)14-31-25(34-22)33-16-10-11-26(2,3)32-13-16/h8-9,14-16,20,32H,4-7,10-13H2,1-3H3,(H,31,33,34)/t16-,20?/m0/s1. The van der Waals surface area contributed by atoms with Crippen LogP contribution in [-0.4, -0.2) is 60.7 Å². The van der Waals surface area contributed by atoms with Crippen molar-refractivity contribution in [2.45, 2.75) is 76.9 Å². The first-order valence-electron chi connectivity index (χ1n) is 13.7. The summed E-state index contributed by atoms with van der Waals surface area (Å²) in [6.07, 6.45) is 1.70. The number of ether oxygens (including phenoxy) is 2. The molecule has 0 saturated carbocycles. The van der Waals surface area contributed by atoms with Crippen molar-refractivity contribution < 1.29 is 22.6 Å². The van der Waals surface area contributed by atoms with E-state index in [-0.39, 0.29) is 28.9 Å². The first kappa shape index (κ1) is 26.8. The van der Waals surface area contributed by atoms with E-state index in [1.807, 2.05) is 6.92 Å². The predicted molar refractivity (Wildman–Crippen MR) is 143 cm³/mol. The first-order valence-corrected chi connectivity index (χ1v) is 13.7. The second kappa shape index (κ2) is 10.2. The maximum Gasteiger partial charge on any atom is 0.420 e. The fraction of sp³-hybridized carbons (Fsp3) is 0.556. The number of piperidine rings is 1. The summed E-state index contributed by atoms with van der Waals surface area (Å²) >= 11 is 0. The number of pyridine rings is 1. The van der Waals surface area contributed by atoms with Crippen molar-refractivity contribution >= 4 is 22.5 Å². The first-order chi connectivity index (χ1) is 19.1. The van der Waals surface area contributed by atoms with Crippen molar-refractivity contribution in [2.75, 3.05) is 25.1 Å². The van der Waals surface area contributed by atoms with Gasteiger partial charge in [0.05, 0.1) is 23.7 Å². The molecule has 2 N–H and O–H groups in total. The molecule has 0 amide bonds. The van der Waals surface area contributed by atoms with Crippen LogP contribution in [0.5, 0.6) is 5.75 Å². The lowest BCUT2D eigenvalue weighted by Crippen LogP contribution is -2.50. The normalized spacial score (nSPS) is 21.6. The highest BCUT2D eigenvalue weighted by atomic mass is 19.4. The van der Waals surface area contributed by atoms with Gasteiger partial charge in [0, 0.05) is 30.9 Å². The Balaban J connectivity index is 1.50. The van der Waals surface area contributed by atoms with Gasteiger partial charge in [-0.3, -0.25) is 0 Å². The van der Waals surface area contributed by atoms with E-state index in [0.717, 1.165) is 31.9 Å². The second-order valence-electron chi connectivity index (χ2n) is 11.0. The van der Waals surface area contributed by atoms with Gasteiger partial charge in [-0.15, -0.1) is 5.10 Å². The van der Waals surface area contributed by atoms with Crippen LogP contribution >= 0.6 is 0 Å². The highest BCUT2D eigenvalue weighted by molar-refractivity contribution is 6.03. The Morgan fingerprint density at radius 1 is 1.18 bits per heavy atom. The maximum atomic E-state index is 14.3. The summed E-state index contributed by atoms with van der Waals surface area (Å²) in [6.45, 7) is 7.80. The van der Waals surface area contributed by atoms with Gasteiger partial charge in [0.15, 0.2) is 11.9 Å². The molecule has 0 spiro atoms. The molecule has 10 nitrogen and oxygen atoms in total. The van der Waals surface area contributed by atoms with Crippen molar-refractivity contribution in [3.63, 3.8) is 0 Å². The van der Waals surface area contributed by atoms with Crippen LogP contribution in [0.15, 0.2) is 24.5 Å². The molecule has 0 radical (unpaired) electrons. The van der Waals surface area contributed by atoms with Gasteiger partial charge >= 0.3 is 6.18 Å². The molecule has 4 aromatic heterocycles. The van der Waals surface area contributed by atoms with Crippen LogP contribution in [0.1, 0.15) is 64.7 Å². The van der Waals surface area contributed by atoms with Crippen LogP contribution in [0.3, 0.4) is 0 Å². The largest absolute Gasteiger partial charge is 0.492 e. The number of alkyl halides is 3. The third-order valence-corrected chi connectivity index (χ3v) is 7.58. The number of aromatic nitrogens is 6. The molecule has 1 unspecified atom stereocenters. The van der Waals surface area contributed by atoms with E-state index < -0.39 is 18.0 Å². The molecule has 6 heterocycles. The van der Waals surface area contributed by atoms with E-state index >= 15 is 0 Å². The van der Waals surface area contributed by atoms with Gasteiger partial charge in [0.1, 0.15) is 22.7 Å². The Hall–Kier alpha value is -3.45. The molecule has 0 aliphatic carbocycles.